The van der Waals surface area contributed by atoms with Gasteiger partial charge in [-0.15, -0.1) is 0 Å². The number of benzene rings is 3. The number of hydrogen-bond acceptors (Lipinski definition) is 2. The minimum Gasteiger partial charge on any atom is -0.326 e. The second-order valence-electron chi connectivity index (χ2n) is 6.99. The summed E-state index contributed by atoms with van der Waals surface area (Å²) in [6.45, 7) is 3.91. The van der Waals surface area contributed by atoms with Gasteiger partial charge in [-0.05, 0) is 54.8 Å². The van der Waals surface area contributed by atoms with Gasteiger partial charge in [0.25, 0.3) is 11.8 Å². The van der Waals surface area contributed by atoms with Crippen LogP contribution in [0.25, 0.3) is 0 Å². The zero-order valence-electron chi connectivity index (χ0n) is 16.6. The number of hydrogen-bond donors (Lipinski definition) is 1. The molecule has 29 heavy (non-hydrogen) atoms. The molecule has 0 aliphatic heterocycles. The average molecular weight is 451 g/mol. The Morgan fingerprint density at radius 3 is 2.03 bits per heavy atom. The first-order valence-corrected chi connectivity index (χ1v) is 10.1. The third-order valence-electron chi connectivity index (χ3n) is 4.89. The third kappa shape index (κ3) is 4.74. The van der Waals surface area contributed by atoms with E-state index < -0.39 is 6.04 Å². The first-order chi connectivity index (χ1) is 13.9. The first kappa shape index (κ1) is 20.8. The lowest BCUT2D eigenvalue weighted by molar-refractivity contribution is -0.120. The standard InChI is InChI=1S/C24H23BrN2O2/c1-16-8-7-9-17(2)21(16)26-23(28)22(18-10-5-4-6-11-18)27(3)24(29)19-12-14-20(25)15-13-19/h4-15,22H,1-3H3,(H,26,28). The van der Waals surface area contributed by atoms with Crippen LogP contribution in [-0.4, -0.2) is 23.8 Å². The van der Waals surface area contributed by atoms with Crippen molar-refractivity contribution in [1.29, 1.82) is 0 Å². The van der Waals surface area contributed by atoms with Crippen LogP contribution in [0.2, 0.25) is 0 Å². The molecular weight excluding hydrogens is 428 g/mol. The molecule has 148 valence electrons. The molecule has 2 amide bonds. The van der Waals surface area contributed by atoms with Crippen LogP contribution in [0, 0.1) is 13.8 Å². The maximum absolute atomic E-state index is 13.3. The van der Waals surface area contributed by atoms with Gasteiger partial charge in [-0.3, -0.25) is 9.59 Å². The molecule has 1 unspecified atom stereocenters. The number of carbonyl (C=O) groups excluding carboxylic acids is 2. The number of carbonyl (C=O) groups is 2. The van der Waals surface area contributed by atoms with E-state index in [2.05, 4.69) is 21.2 Å². The molecule has 3 aromatic carbocycles. The number of para-hydroxylation sites is 1. The fourth-order valence-electron chi connectivity index (χ4n) is 3.30. The Balaban J connectivity index is 1.95. The highest BCUT2D eigenvalue weighted by molar-refractivity contribution is 9.10. The lowest BCUT2D eigenvalue weighted by atomic mass is 10.0. The Kier molecular flexibility index (Phi) is 6.49. The van der Waals surface area contributed by atoms with Crippen LogP contribution in [0.4, 0.5) is 5.69 Å². The quantitative estimate of drug-likeness (QED) is 0.556. The minimum absolute atomic E-state index is 0.219. The van der Waals surface area contributed by atoms with Gasteiger partial charge in [-0.25, -0.2) is 0 Å². The Morgan fingerprint density at radius 1 is 0.862 bits per heavy atom. The third-order valence-corrected chi connectivity index (χ3v) is 5.42. The molecule has 0 bridgehead atoms. The monoisotopic (exact) mass is 450 g/mol. The second kappa shape index (κ2) is 9.05. The maximum Gasteiger partial charge on any atom is 0.254 e. The van der Waals surface area contributed by atoms with Gasteiger partial charge in [0.15, 0.2) is 0 Å². The van der Waals surface area contributed by atoms with Crippen molar-refractivity contribution in [3.63, 3.8) is 0 Å². The molecule has 0 aromatic heterocycles. The number of anilines is 1. The van der Waals surface area contributed by atoms with Crippen LogP contribution in [-0.2, 0) is 4.79 Å². The smallest absolute Gasteiger partial charge is 0.254 e. The minimum atomic E-state index is -0.758. The number of nitrogens with one attached hydrogen (secondary N) is 1. The summed E-state index contributed by atoms with van der Waals surface area (Å²) in [5, 5.41) is 3.03. The van der Waals surface area contributed by atoms with Crippen LogP contribution < -0.4 is 5.32 Å². The summed E-state index contributed by atoms with van der Waals surface area (Å²) < 4.78 is 0.893. The molecule has 0 fully saturated rings. The number of halogens is 1. The van der Waals surface area contributed by atoms with Gasteiger partial charge >= 0.3 is 0 Å². The predicted octanol–water partition coefficient (Wildman–Crippen LogP) is 5.52. The van der Waals surface area contributed by atoms with Crippen molar-refractivity contribution in [3.8, 4) is 0 Å². The number of rotatable bonds is 5. The van der Waals surface area contributed by atoms with Crippen LogP contribution in [0.1, 0.15) is 33.1 Å². The fraction of sp³-hybridized carbons (Fsp3) is 0.167. The van der Waals surface area contributed by atoms with E-state index in [1.54, 1.807) is 19.2 Å². The van der Waals surface area contributed by atoms with E-state index in [9.17, 15) is 9.59 Å². The summed E-state index contributed by atoms with van der Waals surface area (Å²) in [5.41, 5.74) is 4.02. The van der Waals surface area contributed by atoms with Crippen molar-refractivity contribution in [3.05, 3.63) is 99.5 Å². The zero-order valence-corrected chi connectivity index (χ0v) is 18.2. The highest BCUT2D eigenvalue weighted by atomic mass is 79.9. The molecule has 4 nitrogen and oxygen atoms in total. The Labute approximate surface area is 179 Å². The van der Waals surface area contributed by atoms with Crippen LogP contribution in [0.3, 0.4) is 0 Å². The molecule has 0 radical (unpaired) electrons. The van der Waals surface area contributed by atoms with E-state index in [-0.39, 0.29) is 11.8 Å². The normalized spacial score (nSPS) is 11.6. The van der Waals surface area contributed by atoms with Gasteiger partial charge in [0.1, 0.15) is 6.04 Å². The summed E-state index contributed by atoms with van der Waals surface area (Å²) in [5.74, 6) is -0.468. The summed E-state index contributed by atoms with van der Waals surface area (Å²) in [6, 6.07) is 21.6. The number of aryl methyl sites for hydroxylation is 2. The number of nitrogens with zero attached hydrogens (tertiary/aromatic N) is 1. The molecule has 0 spiro atoms. The van der Waals surface area contributed by atoms with E-state index in [0.717, 1.165) is 26.9 Å². The van der Waals surface area contributed by atoms with Crippen LogP contribution in [0.5, 0.6) is 0 Å². The average Bonchev–Trinajstić information content (AvgIpc) is 2.72. The van der Waals surface area contributed by atoms with E-state index in [1.807, 2.05) is 74.5 Å². The molecule has 0 saturated heterocycles. The first-order valence-electron chi connectivity index (χ1n) is 9.33. The lowest BCUT2D eigenvalue weighted by Gasteiger charge is -2.28. The van der Waals surface area contributed by atoms with Gasteiger partial charge in [0.2, 0.25) is 0 Å². The van der Waals surface area contributed by atoms with E-state index in [1.165, 1.54) is 4.90 Å². The molecule has 0 aliphatic rings. The summed E-state index contributed by atoms with van der Waals surface area (Å²) >= 11 is 3.38. The highest BCUT2D eigenvalue weighted by Gasteiger charge is 2.29. The lowest BCUT2D eigenvalue weighted by Crippen LogP contribution is -2.38. The van der Waals surface area contributed by atoms with Gasteiger partial charge < -0.3 is 10.2 Å². The van der Waals surface area contributed by atoms with Crippen molar-refractivity contribution >= 4 is 33.4 Å². The fourth-order valence-corrected chi connectivity index (χ4v) is 3.57. The largest absolute Gasteiger partial charge is 0.326 e. The molecule has 0 saturated carbocycles. The zero-order chi connectivity index (χ0) is 21.0. The predicted molar refractivity (Wildman–Crippen MR) is 120 cm³/mol. The Bertz CT molecular complexity index is 997. The Morgan fingerprint density at radius 2 is 1.45 bits per heavy atom. The summed E-state index contributed by atoms with van der Waals surface area (Å²) in [6.07, 6.45) is 0. The van der Waals surface area contributed by atoms with Crippen molar-refractivity contribution in [2.45, 2.75) is 19.9 Å². The molecule has 0 heterocycles. The number of likely N-dealkylation sites (N-methyl/N-ethyl adjacent to an activating group) is 1. The van der Waals surface area contributed by atoms with Gasteiger partial charge in [-0.2, -0.15) is 0 Å². The highest BCUT2D eigenvalue weighted by Crippen LogP contribution is 2.26. The van der Waals surface area contributed by atoms with Crippen LogP contribution in [0.15, 0.2) is 77.3 Å². The summed E-state index contributed by atoms with van der Waals surface area (Å²) in [4.78, 5) is 27.9. The van der Waals surface area contributed by atoms with E-state index in [0.29, 0.717) is 5.56 Å². The maximum atomic E-state index is 13.3. The molecule has 1 atom stereocenters. The Hall–Kier alpha value is -2.92. The molecule has 3 aromatic rings. The second-order valence-corrected chi connectivity index (χ2v) is 7.91. The van der Waals surface area contributed by atoms with Crippen molar-refractivity contribution < 1.29 is 9.59 Å². The SMILES string of the molecule is Cc1cccc(C)c1NC(=O)C(c1ccccc1)N(C)C(=O)c1ccc(Br)cc1. The number of amides is 2. The molecule has 3 rings (SSSR count). The molecule has 0 aliphatic carbocycles. The van der Waals surface area contributed by atoms with Gasteiger partial charge in [-0.1, -0.05) is 64.5 Å². The van der Waals surface area contributed by atoms with E-state index in [4.69, 9.17) is 0 Å². The van der Waals surface area contributed by atoms with E-state index >= 15 is 0 Å². The van der Waals surface area contributed by atoms with Crippen molar-refractivity contribution in [2.75, 3.05) is 12.4 Å². The van der Waals surface area contributed by atoms with Crippen LogP contribution >= 0.6 is 15.9 Å². The topological polar surface area (TPSA) is 49.4 Å². The molecule has 1 N–H and O–H groups in total. The van der Waals surface area contributed by atoms with Gasteiger partial charge in [0.05, 0.1) is 0 Å². The van der Waals surface area contributed by atoms with Crippen molar-refractivity contribution in [2.24, 2.45) is 0 Å². The molecular formula is C24H23BrN2O2. The van der Waals surface area contributed by atoms with Crippen molar-refractivity contribution in [1.82, 2.24) is 4.90 Å². The summed E-state index contributed by atoms with van der Waals surface area (Å²) in [7, 11) is 1.66. The molecule has 5 heteroatoms. The van der Waals surface area contributed by atoms with Gasteiger partial charge in [0, 0.05) is 22.8 Å².